The molecule has 0 atom stereocenters. The molecule has 0 aromatic heterocycles. The summed E-state index contributed by atoms with van der Waals surface area (Å²) in [6, 6.07) is 4.95. The SMILES string of the molecule is COc1cc(S(=O)(=O)C(C)C)ccc1C. The third-order valence-electron chi connectivity index (χ3n) is 2.33. The molecule has 4 heteroatoms. The molecule has 0 heterocycles. The summed E-state index contributed by atoms with van der Waals surface area (Å²) in [7, 11) is -1.67. The molecule has 1 aromatic carbocycles. The van der Waals surface area contributed by atoms with E-state index in [1.54, 1.807) is 32.0 Å². The van der Waals surface area contributed by atoms with Gasteiger partial charge >= 0.3 is 0 Å². The smallest absolute Gasteiger partial charge is 0.180 e. The zero-order valence-electron chi connectivity index (χ0n) is 9.44. The van der Waals surface area contributed by atoms with Gasteiger partial charge in [-0.25, -0.2) is 8.42 Å². The van der Waals surface area contributed by atoms with Crippen LogP contribution in [0.4, 0.5) is 0 Å². The molecule has 0 spiro atoms. The van der Waals surface area contributed by atoms with Crippen molar-refractivity contribution in [1.82, 2.24) is 0 Å². The van der Waals surface area contributed by atoms with Crippen LogP contribution in [-0.4, -0.2) is 20.8 Å². The molecule has 0 aliphatic carbocycles. The maximum absolute atomic E-state index is 11.9. The highest BCUT2D eigenvalue weighted by Crippen LogP contribution is 2.24. The Labute approximate surface area is 91.0 Å². The summed E-state index contributed by atoms with van der Waals surface area (Å²) >= 11 is 0. The lowest BCUT2D eigenvalue weighted by Gasteiger charge is -2.10. The summed E-state index contributed by atoms with van der Waals surface area (Å²) in [6.07, 6.45) is 0. The quantitative estimate of drug-likeness (QED) is 0.796. The summed E-state index contributed by atoms with van der Waals surface area (Å²) < 4.78 is 28.8. The second-order valence-corrected chi connectivity index (χ2v) is 6.23. The predicted molar refractivity (Wildman–Crippen MR) is 60.1 cm³/mol. The molecule has 0 saturated carbocycles. The van der Waals surface area contributed by atoms with Gasteiger partial charge in [-0.2, -0.15) is 0 Å². The van der Waals surface area contributed by atoms with Crippen molar-refractivity contribution in [3.05, 3.63) is 23.8 Å². The maximum Gasteiger partial charge on any atom is 0.180 e. The van der Waals surface area contributed by atoms with Gasteiger partial charge in [0.25, 0.3) is 0 Å². The Bertz CT molecular complexity index is 447. The third-order valence-corrected chi connectivity index (χ3v) is 4.48. The minimum absolute atomic E-state index is 0.319. The predicted octanol–water partition coefficient (Wildman–Crippen LogP) is 2.19. The highest BCUT2D eigenvalue weighted by Gasteiger charge is 2.19. The second-order valence-electron chi connectivity index (χ2n) is 3.73. The van der Waals surface area contributed by atoms with Crippen molar-refractivity contribution in [2.24, 2.45) is 0 Å². The molecule has 0 radical (unpaired) electrons. The van der Waals surface area contributed by atoms with E-state index in [1.807, 2.05) is 6.92 Å². The number of hydrogen-bond donors (Lipinski definition) is 0. The van der Waals surface area contributed by atoms with Crippen LogP contribution in [0.3, 0.4) is 0 Å². The molecule has 15 heavy (non-hydrogen) atoms. The highest BCUT2D eigenvalue weighted by atomic mass is 32.2. The Balaban J connectivity index is 3.29. The van der Waals surface area contributed by atoms with Crippen molar-refractivity contribution < 1.29 is 13.2 Å². The lowest BCUT2D eigenvalue weighted by atomic mass is 10.2. The summed E-state index contributed by atoms with van der Waals surface area (Å²) in [5.74, 6) is 0.608. The average Bonchev–Trinajstić information content (AvgIpc) is 2.18. The van der Waals surface area contributed by atoms with E-state index in [-0.39, 0.29) is 0 Å². The normalized spacial score (nSPS) is 11.8. The number of hydrogen-bond acceptors (Lipinski definition) is 3. The molecule has 84 valence electrons. The van der Waals surface area contributed by atoms with Crippen molar-refractivity contribution >= 4 is 9.84 Å². The molecule has 0 fully saturated rings. The molecule has 1 rings (SSSR count). The van der Waals surface area contributed by atoms with Crippen LogP contribution in [0.2, 0.25) is 0 Å². The van der Waals surface area contributed by atoms with E-state index < -0.39 is 15.1 Å². The number of benzene rings is 1. The first-order valence-electron chi connectivity index (χ1n) is 4.78. The average molecular weight is 228 g/mol. The van der Waals surface area contributed by atoms with E-state index in [0.29, 0.717) is 10.6 Å². The van der Waals surface area contributed by atoms with Crippen LogP contribution in [0.25, 0.3) is 0 Å². The van der Waals surface area contributed by atoms with Gasteiger partial charge in [0.2, 0.25) is 0 Å². The van der Waals surface area contributed by atoms with Crippen LogP contribution in [0, 0.1) is 6.92 Å². The van der Waals surface area contributed by atoms with Gasteiger partial charge in [0, 0.05) is 0 Å². The molecular formula is C11H16O3S. The first kappa shape index (κ1) is 12.0. The van der Waals surface area contributed by atoms with Gasteiger partial charge in [-0.15, -0.1) is 0 Å². The second kappa shape index (κ2) is 4.23. The lowest BCUT2D eigenvalue weighted by Crippen LogP contribution is -2.14. The van der Waals surface area contributed by atoms with E-state index in [4.69, 9.17) is 4.74 Å². The van der Waals surface area contributed by atoms with Gasteiger partial charge in [0.15, 0.2) is 9.84 Å². The molecule has 0 N–H and O–H groups in total. The van der Waals surface area contributed by atoms with Gasteiger partial charge < -0.3 is 4.74 Å². The molecule has 0 aliphatic rings. The summed E-state index contributed by atoms with van der Waals surface area (Å²) in [4.78, 5) is 0.319. The van der Waals surface area contributed by atoms with E-state index >= 15 is 0 Å². The van der Waals surface area contributed by atoms with Crippen molar-refractivity contribution in [1.29, 1.82) is 0 Å². The van der Waals surface area contributed by atoms with Crippen LogP contribution < -0.4 is 4.74 Å². The first-order valence-corrected chi connectivity index (χ1v) is 6.32. The zero-order valence-corrected chi connectivity index (χ0v) is 10.3. The van der Waals surface area contributed by atoms with E-state index in [1.165, 1.54) is 7.11 Å². The Morgan fingerprint density at radius 1 is 1.27 bits per heavy atom. The summed E-state index contributed by atoms with van der Waals surface area (Å²) in [6.45, 7) is 5.22. The van der Waals surface area contributed by atoms with Gasteiger partial charge in [-0.05, 0) is 38.5 Å². The topological polar surface area (TPSA) is 43.4 Å². The van der Waals surface area contributed by atoms with Crippen molar-refractivity contribution in [2.45, 2.75) is 30.9 Å². The van der Waals surface area contributed by atoms with Gasteiger partial charge in [-0.3, -0.25) is 0 Å². The Morgan fingerprint density at radius 2 is 1.87 bits per heavy atom. The van der Waals surface area contributed by atoms with E-state index in [2.05, 4.69) is 0 Å². The van der Waals surface area contributed by atoms with E-state index in [0.717, 1.165) is 5.56 Å². The molecular weight excluding hydrogens is 212 g/mol. The zero-order chi connectivity index (χ0) is 11.6. The monoisotopic (exact) mass is 228 g/mol. The molecule has 0 bridgehead atoms. The van der Waals surface area contributed by atoms with E-state index in [9.17, 15) is 8.42 Å². The van der Waals surface area contributed by atoms with Crippen molar-refractivity contribution in [3.8, 4) is 5.75 Å². The Hall–Kier alpha value is -1.03. The fourth-order valence-electron chi connectivity index (χ4n) is 1.25. The minimum atomic E-state index is -3.21. The van der Waals surface area contributed by atoms with Crippen LogP contribution in [0.5, 0.6) is 5.75 Å². The third kappa shape index (κ3) is 2.31. The number of sulfone groups is 1. The molecule has 0 saturated heterocycles. The summed E-state index contributed by atoms with van der Waals surface area (Å²) in [5, 5.41) is -0.412. The van der Waals surface area contributed by atoms with Gasteiger partial charge in [-0.1, -0.05) is 6.07 Å². The van der Waals surface area contributed by atoms with Crippen LogP contribution in [-0.2, 0) is 9.84 Å². The largest absolute Gasteiger partial charge is 0.496 e. The van der Waals surface area contributed by atoms with Crippen LogP contribution in [0.15, 0.2) is 23.1 Å². The number of rotatable bonds is 3. The molecule has 0 amide bonds. The van der Waals surface area contributed by atoms with Crippen LogP contribution >= 0.6 is 0 Å². The van der Waals surface area contributed by atoms with Crippen LogP contribution in [0.1, 0.15) is 19.4 Å². The summed E-state index contributed by atoms with van der Waals surface area (Å²) in [5.41, 5.74) is 0.931. The molecule has 0 unspecified atom stereocenters. The Kier molecular flexibility index (Phi) is 3.39. The molecule has 1 aromatic rings. The fraction of sp³-hybridized carbons (Fsp3) is 0.455. The maximum atomic E-state index is 11.9. The standard InChI is InChI=1S/C11H16O3S/c1-8(2)15(12,13)10-6-5-9(3)11(7-10)14-4/h5-8H,1-4H3. The van der Waals surface area contributed by atoms with Crippen molar-refractivity contribution in [2.75, 3.05) is 7.11 Å². The van der Waals surface area contributed by atoms with Gasteiger partial charge in [0.05, 0.1) is 17.3 Å². The lowest BCUT2D eigenvalue weighted by molar-refractivity contribution is 0.410. The number of ether oxygens (including phenoxy) is 1. The number of methoxy groups -OCH3 is 1. The Morgan fingerprint density at radius 3 is 2.33 bits per heavy atom. The number of aryl methyl sites for hydroxylation is 1. The fourth-order valence-corrected chi connectivity index (χ4v) is 2.32. The first-order chi connectivity index (χ1) is 6.89. The molecule has 3 nitrogen and oxygen atoms in total. The minimum Gasteiger partial charge on any atom is -0.496 e. The van der Waals surface area contributed by atoms with Gasteiger partial charge in [0.1, 0.15) is 5.75 Å². The molecule has 0 aliphatic heterocycles. The highest BCUT2D eigenvalue weighted by molar-refractivity contribution is 7.92. The van der Waals surface area contributed by atoms with Crippen molar-refractivity contribution in [3.63, 3.8) is 0 Å².